The summed E-state index contributed by atoms with van der Waals surface area (Å²) in [6.45, 7) is 0. The normalized spacial score (nSPS) is 16.3. The maximum Gasteiger partial charge on any atom is 0.350 e. The van der Waals surface area contributed by atoms with Crippen LogP contribution in [0.4, 0.5) is 4.79 Å². The molecule has 1 aliphatic rings. The molecule has 0 spiro atoms. The highest BCUT2D eigenvalue weighted by Crippen LogP contribution is 2.06. The second-order valence-electron chi connectivity index (χ2n) is 1.31. The van der Waals surface area contributed by atoms with E-state index in [9.17, 15) is 4.79 Å². The maximum atomic E-state index is 10.6. The Morgan fingerprint density at radius 2 is 2.67 bits per heavy atom. The van der Waals surface area contributed by atoms with Crippen LogP contribution in [0.5, 0.6) is 0 Å². The number of nitrogens with one attached hydrogen (secondary N) is 2. The van der Waals surface area contributed by atoms with Gasteiger partial charge in [0.25, 0.3) is 0 Å². The second-order valence-corrected chi connectivity index (χ2v) is 2.00. The first-order valence-electron chi connectivity index (χ1n) is 2.22. The summed E-state index contributed by atoms with van der Waals surface area (Å²) in [7, 11) is 0. The summed E-state index contributed by atoms with van der Waals surface area (Å²) in [5.41, 5.74) is 1.97. The number of nitrogens with zero attached hydrogens (tertiary/aromatic N) is 1. The monoisotopic (exact) mass is 146 g/mol. The number of hydrazine groups is 2. The van der Waals surface area contributed by atoms with Gasteiger partial charge in [0.2, 0.25) is 0 Å². The number of hydrogen-bond donors (Lipinski definition) is 3. The average Bonchev–Trinajstić information content (AvgIpc) is 2.37. The smallest absolute Gasteiger partial charge is 0.274 e. The minimum atomic E-state index is -0.378. The van der Waals surface area contributed by atoms with Crippen LogP contribution in [-0.2, 0) is 0 Å². The van der Waals surface area contributed by atoms with Gasteiger partial charge in [-0.2, -0.15) is 4.83 Å². The van der Waals surface area contributed by atoms with Crippen LogP contribution in [0.1, 0.15) is 0 Å². The number of nitrogens with two attached hydrogens (primary N) is 1. The van der Waals surface area contributed by atoms with Crippen molar-refractivity contribution in [2.45, 2.75) is 0 Å². The van der Waals surface area contributed by atoms with Gasteiger partial charge in [-0.3, -0.25) is 5.43 Å². The summed E-state index contributed by atoms with van der Waals surface area (Å²) in [6, 6.07) is -0.378. The first-order chi connectivity index (χ1) is 4.34. The van der Waals surface area contributed by atoms with E-state index < -0.39 is 0 Å². The van der Waals surface area contributed by atoms with Crippen LogP contribution in [0.2, 0.25) is 0 Å². The van der Waals surface area contributed by atoms with E-state index in [1.165, 1.54) is 17.0 Å². The van der Waals surface area contributed by atoms with Gasteiger partial charge in [0.15, 0.2) is 0 Å². The second kappa shape index (κ2) is 2.72. The first-order valence-corrected chi connectivity index (χ1v) is 3.10. The molecule has 0 bridgehead atoms. The van der Waals surface area contributed by atoms with Crippen LogP contribution < -0.4 is 16.1 Å². The Hall–Kier alpha value is -0.720. The molecular formula is C3H6N4OS. The van der Waals surface area contributed by atoms with Gasteiger partial charge in [0.1, 0.15) is 0 Å². The largest absolute Gasteiger partial charge is 0.350 e. The summed E-state index contributed by atoms with van der Waals surface area (Å²) < 4.78 is 0. The minimum absolute atomic E-state index is 0.378. The van der Waals surface area contributed by atoms with Crippen molar-refractivity contribution in [3.05, 3.63) is 11.6 Å². The lowest BCUT2D eigenvalue weighted by molar-refractivity contribution is 0.212. The Balaban J connectivity index is 2.43. The van der Waals surface area contributed by atoms with Crippen molar-refractivity contribution in [1.82, 2.24) is 15.3 Å². The van der Waals surface area contributed by atoms with Crippen molar-refractivity contribution in [3.8, 4) is 0 Å². The molecule has 5 nitrogen and oxygen atoms in total. The van der Waals surface area contributed by atoms with Crippen LogP contribution in [0, 0.1) is 0 Å². The van der Waals surface area contributed by atoms with Crippen molar-refractivity contribution in [2.24, 2.45) is 5.84 Å². The molecular weight excluding hydrogens is 140 g/mol. The van der Waals surface area contributed by atoms with Gasteiger partial charge < -0.3 is 0 Å². The molecule has 0 aromatic heterocycles. The summed E-state index contributed by atoms with van der Waals surface area (Å²) >= 11 is 1.30. The number of carbonyl (C=O) groups is 1. The molecule has 0 fully saturated rings. The van der Waals surface area contributed by atoms with Crippen LogP contribution in [0.15, 0.2) is 11.6 Å². The average molecular weight is 146 g/mol. The Morgan fingerprint density at radius 3 is 3.11 bits per heavy atom. The standard InChI is InChI=1S/C3H6N4OS/c4-5-3(8)7-1-2-9-6-7/h1-2,6H,4H2,(H,5,8). The zero-order chi connectivity index (χ0) is 6.69. The molecule has 1 heterocycles. The van der Waals surface area contributed by atoms with Gasteiger partial charge in [0, 0.05) is 11.6 Å². The van der Waals surface area contributed by atoms with Crippen molar-refractivity contribution >= 4 is 18.0 Å². The number of amides is 2. The van der Waals surface area contributed by atoms with Crippen LogP contribution in [0.3, 0.4) is 0 Å². The number of rotatable bonds is 0. The highest BCUT2D eigenvalue weighted by Gasteiger charge is 2.10. The van der Waals surface area contributed by atoms with Crippen LogP contribution in [0.25, 0.3) is 0 Å². The molecule has 0 saturated carbocycles. The van der Waals surface area contributed by atoms with E-state index in [2.05, 4.69) is 4.83 Å². The fraction of sp³-hybridized carbons (Fsp3) is 0. The van der Waals surface area contributed by atoms with Crippen molar-refractivity contribution in [1.29, 1.82) is 0 Å². The van der Waals surface area contributed by atoms with Crippen molar-refractivity contribution in [2.75, 3.05) is 0 Å². The lowest BCUT2D eigenvalue weighted by Gasteiger charge is -2.10. The van der Waals surface area contributed by atoms with Crippen molar-refractivity contribution < 1.29 is 4.79 Å². The number of hydrogen-bond acceptors (Lipinski definition) is 4. The molecule has 6 heteroatoms. The highest BCUT2D eigenvalue weighted by atomic mass is 32.2. The van der Waals surface area contributed by atoms with Crippen molar-refractivity contribution in [3.63, 3.8) is 0 Å². The lowest BCUT2D eigenvalue weighted by Crippen LogP contribution is -2.43. The van der Waals surface area contributed by atoms with Gasteiger partial charge in [-0.25, -0.2) is 15.6 Å². The van der Waals surface area contributed by atoms with E-state index in [-0.39, 0.29) is 6.03 Å². The topological polar surface area (TPSA) is 70.4 Å². The molecule has 2 amide bonds. The molecule has 0 aliphatic carbocycles. The third kappa shape index (κ3) is 1.35. The Kier molecular flexibility index (Phi) is 1.93. The third-order valence-electron chi connectivity index (χ3n) is 0.771. The molecule has 4 N–H and O–H groups in total. The Morgan fingerprint density at radius 1 is 1.89 bits per heavy atom. The van der Waals surface area contributed by atoms with Crippen LogP contribution in [-0.4, -0.2) is 11.0 Å². The van der Waals surface area contributed by atoms with E-state index in [0.717, 1.165) is 0 Å². The van der Waals surface area contributed by atoms with E-state index in [1.807, 2.05) is 5.43 Å². The summed E-state index contributed by atoms with van der Waals surface area (Å²) in [4.78, 5) is 13.2. The number of carbonyl (C=O) groups excluding carboxylic acids is 1. The lowest BCUT2D eigenvalue weighted by atomic mass is 10.9. The van der Waals surface area contributed by atoms with E-state index in [1.54, 1.807) is 11.6 Å². The zero-order valence-corrected chi connectivity index (χ0v) is 5.31. The quantitative estimate of drug-likeness (QED) is 0.187. The fourth-order valence-corrected chi connectivity index (χ4v) is 0.888. The molecule has 1 rings (SSSR count). The predicted octanol–water partition coefficient (Wildman–Crippen LogP) is -0.491. The summed E-state index contributed by atoms with van der Waals surface area (Å²) in [6.07, 6.45) is 1.58. The summed E-state index contributed by atoms with van der Waals surface area (Å²) in [5.74, 6) is 4.83. The predicted molar refractivity (Wildman–Crippen MR) is 34.4 cm³/mol. The molecule has 0 radical (unpaired) electrons. The molecule has 0 unspecified atom stereocenters. The maximum absolute atomic E-state index is 10.6. The van der Waals surface area contributed by atoms with Gasteiger partial charge in [0.05, 0.1) is 0 Å². The first kappa shape index (κ1) is 6.40. The third-order valence-corrected chi connectivity index (χ3v) is 1.33. The minimum Gasteiger partial charge on any atom is -0.274 e. The Bertz CT molecular complexity index is 147. The Labute approximate surface area is 56.3 Å². The molecule has 1 aliphatic heterocycles. The molecule has 0 aromatic rings. The fourth-order valence-electron chi connectivity index (χ4n) is 0.388. The van der Waals surface area contributed by atoms with Gasteiger partial charge >= 0.3 is 6.03 Å². The van der Waals surface area contributed by atoms with E-state index in [0.29, 0.717) is 0 Å². The highest BCUT2D eigenvalue weighted by molar-refractivity contribution is 8.00. The SMILES string of the molecule is NNC(=O)N1C=CSN1. The summed E-state index contributed by atoms with van der Waals surface area (Å²) in [5, 5.41) is 2.97. The van der Waals surface area contributed by atoms with Gasteiger partial charge in [-0.1, -0.05) is 0 Å². The molecule has 50 valence electrons. The van der Waals surface area contributed by atoms with Gasteiger partial charge in [-0.15, -0.1) is 0 Å². The molecule has 0 aromatic carbocycles. The van der Waals surface area contributed by atoms with Gasteiger partial charge in [-0.05, 0) is 11.9 Å². The van der Waals surface area contributed by atoms with E-state index in [4.69, 9.17) is 5.84 Å². The van der Waals surface area contributed by atoms with E-state index >= 15 is 0 Å². The molecule has 9 heavy (non-hydrogen) atoms. The molecule has 0 saturated heterocycles. The number of urea groups is 1. The van der Waals surface area contributed by atoms with Crippen LogP contribution >= 0.6 is 11.9 Å². The molecule has 0 atom stereocenters. The zero-order valence-electron chi connectivity index (χ0n) is 4.50.